The first-order valence-corrected chi connectivity index (χ1v) is 13.2. The Kier molecular flexibility index (Phi) is 8.33. The van der Waals surface area contributed by atoms with Crippen LogP contribution in [0.25, 0.3) is 22.4 Å². The molecule has 0 aliphatic rings. The summed E-state index contributed by atoms with van der Waals surface area (Å²) in [6.45, 7) is 0.504. The fourth-order valence-electron chi connectivity index (χ4n) is 4.40. The molecule has 0 atom stereocenters. The number of nitrogens with zero attached hydrogens (tertiary/aromatic N) is 2. The minimum Gasteiger partial charge on any atom is -0.488 e. The zero-order chi connectivity index (χ0) is 28.2. The summed E-state index contributed by atoms with van der Waals surface area (Å²) in [5.74, 6) is -1.32. The van der Waals surface area contributed by atoms with Gasteiger partial charge in [0.15, 0.2) is 11.6 Å². The maximum absolute atomic E-state index is 14.4. The summed E-state index contributed by atoms with van der Waals surface area (Å²) in [5.41, 5.74) is 4.00. The second-order valence-electron chi connectivity index (χ2n) is 9.19. The Hall–Kier alpha value is -3.94. The van der Waals surface area contributed by atoms with Crippen LogP contribution >= 0.6 is 23.2 Å². The fraction of sp³-hybridized carbons (Fsp3) is 0.161. The topological polar surface area (TPSA) is 53.4 Å². The fourth-order valence-corrected chi connectivity index (χ4v) is 4.75. The van der Waals surface area contributed by atoms with Gasteiger partial charge in [0, 0.05) is 40.7 Å². The quantitative estimate of drug-likeness (QED) is 0.166. The van der Waals surface area contributed by atoms with E-state index in [2.05, 4.69) is 4.98 Å². The highest BCUT2D eigenvalue weighted by Crippen LogP contribution is 2.36. The van der Waals surface area contributed by atoms with E-state index in [1.807, 2.05) is 47.0 Å². The third-order valence-electron chi connectivity index (χ3n) is 6.52. The van der Waals surface area contributed by atoms with Crippen molar-refractivity contribution in [3.63, 3.8) is 0 Å². The first-order valence-electron chi connectivity index (χ1n) is 12.5. The van der Waals surface area contributed by atoms with Gasteiger partial charge in [0.05, 0.1) is 23.7 Å². The summed E-state index contributed by atoms with van der Waals surface area (Å²) in [6.07, 6.45) is 0.831. The molecule has 204 valence electrons. The molecule has 0 aliphatic heterocycles. The molecule has 0 N–H and O–H groups in total. The van der Waals surface area contributed by atoms with Gasteiger partial charge in [-0.25, -0.2) is 13.8 Å². The predicted molar refractivity (Wildman–Crippen MR) is 152 cm³/mol. The van der Waals surface area contributed by atoms with Crippen molar-refractivity contribution in [3.05, 3.63) is 117 Å². The number of esters is 1. The third kappa shape index (κ3) is 6.11. The van der Waals surface area contributed by atoms with Crippen LogP contribution in [0.15, 0.2) is 78.9 Å². The molecule has 0 bridgehead atoms. The standard InChI is InChI=1S/C31H24Cl2F2N2O3/c1-39-30(38)13-10-19-6-8-20(9-7-19)17-37-28-16-26(35)25(34)15-27(28)36-31(37)23-12-11-22(32)14-29(23)40-18-21-4-2-3-5-24(21)33/h2-9,11-12,14-16H,10,13,17-18H2,1H3. The van der Waals surface area contributed by atoms with Crippen molar-refractivity contribution in [2.75, 3.05) is 7.11 Å². The van der Waals surface area contributed by atoms with Crippen LogP contribution in [0.3, 0.4) is 0 Å². The van der Waals surface area contributed by atoms with Crippen LogP contribution in [0.4, 0.5) is 8.78 Å². The molecule has 0 fully saturated rings. The van der Waals surface area contributed by atoms with Crippen molar-refractivity contribution >= 4 is 40.2 Å². The molecule has 0 saturated heterocycles. The summed E-state index contributed by atoms with van der Waals surface area (Å²) in [7, 11) is 1.36. The number of fused-ring (bicyclic) bond motifs is 1. The lowest BCUT2D eigenvalue weighted by Gasteiger charge is -2.15. The lowest BCUT2D eigenvalue weighted by Crippen LogP contribution is -2.05. The molecule has 0 amide bonds. The number of ether oxygens (including phenoxy) is 2. The van der Waals surface area contributed by atoms with Crippen molar-refractivity contribution < 1.29 is 23.0 Å². The number of aryl methyl sites for hydroxylation is 1. The van der Waals surface area contributed by atoms with Crippen molar-refractivity contribution in [1.29, 1.82) is 0 Å². The minimum absolute atomic E-state index is 0.184. The first kappa shape index (κ1) is 27.6. The Bertz CT molecular complexity index is 1690. The molecule has 1 aromatic heterocycles. The Balaban J connectivity index is 1.53. The van der Waals surface area contributed by atoms with Crippen LogP contribution in [0, 0.1) is 11.6 Å². The molecule has 5 rings (SSSR count). The van der Waals surface area contributed by atoms with Crippen LogP contribution in [0.2, 0.25) is 10.0 Å². The van der Waals surface area contributed by atoms with Gasteiger partial charge in [-0.05, 0) is 41.8 Å². The molecule has 0 unspecified atom stereocenters. The van der Waals surface area contributed by atoms with Crippen LogP contribution in [-0.4, -0.2) is 22.6 Å². The molecule has 40 heavy (non-hydrogen) atoms. The number of aromatic nitrogens is 2. The lowest BCUT2D eigenvalue weighted by molar-refractivity contribution is -0.140. The van der Waals surface area contributed by atoms with Crippen molar-refractivity contribution in [3.8, 4) is 17.1 Å². The summed E-state index contributed by atoms with van der Waals surface area (Å²) in [6, 6.07) is 22.4. The molecule has 0 saturated carbocycles. The summed E-state index contributed by atoms with van der Waals surface area (Å²) >= 11 is 12.6. The SMILES string of the molecule is COC(=O)CCc1ccc(Cn2c(-c3ccc(Cl)cc3OCc3ccccc3Cl)nc3cc(F)c(F)cc32)cc1. The maximum Gasteiger partial charge on any atom is 0.305 e. The first-order chi connectivity index (χ1) is 19.3. The monoisotopic (exact) mass is 580 g/mol. The smallest absolute Gasteiger partial charge is 0.305 e. The lowest BCUT2D eigenvalue weighted by atomic mass is 10.1. The zero-order valence-corrected chi connectivity index (χ0v) is 23.0. The minimum atomic E-state index is -0.982. The van der Waals surface area contributed by atoms with Gasteiger partial charge in [0.2, 0.25) is 0 Å². The van der Waals surface area contributed by atoms with Crippen LogP contribution < -0.4 is 4.74 Å². The van der Waals surface area contributed by atoms with Gasteiger partial charge in [0.1, 0.15) is 18.2 Å². The van der Waals surface area contributed by atoms with E-state index >= 15 is 0 Å². The average molecular weight is 581 g/mol. The van der Waals surface area contributed by atoms with Crippen molar-refractivity contribution in [2.45, 2.75) is 26.0 Å². The molecule has 5 aromatic rings. The van der Waals surface area contributed by atoms with Crippen molar-refractivity contribution in [1.82, 2.24) is 9.55 Å². The highest BCUT2D eigenvalue weighted by atomic mass is 35.5. The number of hydrogen-bond donors (Lipinski definition) is 0. The van der Waals surface area contributed by atoms with E-state index in [1.165, 1.54) is 7.11 Å². The van der Waals surface area contributed by atoms with Crippen LogP contribution in [0.5, 0.6) is 5.75 Å². The van der Waals surface area contributed by atoms with E-state index in [0.29, 0.717) is 51.2 Å². The number of benzene rings is 4. The zero-order valence-electron chi connectivity index (χ0n) is 21.5. The molecule has 9 heteroatoms. The van der Waals surface area contributed by atoms with Gasteiger partial charge in [-0.15, -0.1) is 0 Å². The molecular formula is C31H24Cl2F2N2O3. The average Bonchev–Trinajstić information content (AvgIpc) is 3.28. The van der Waals surface area contributed by atoms with E-state index in [1.54, 1.807) is 24.3 Å². The molecule has 0 aliphatic carbocycles. The van der Waals surface area contributed by atoms with Gasteiger partial charge in [-0.1, -0.05) is 65.7 Å². The Morgan fingerprint density at radius 1 is 0.925 bits per heavy atom. The normalized spacial score (nSPS) is 11.1. The number of carbonyl (C=O) groups is 1. The van der Waals surface area contributed by atoms with Gasteiger partial charge in [0.25, 0.3) is 0 Å². The van der Waals surface area contributed by atoms with E-state index < -0.39 is 11.6 Å². The van der Waals surface area contributed by atoms with Gasteiger partial charge < -0.3 is 14.0 Å². The second-order valence-corrected chi connectivity index (χ2v) is 10.0. The molecule has 0 spiro atoms. The van der Waals surface area contributed by atoms with Crippen LogP contribution in [0.1, 0.15) is 23.1 Å². The molecule has 1 heterocycles. The number of rotatable bonds is 9. The summed E-state index contributed by atoms with van der Waals surface area (Å²) in [5, 5.41) is 1.03. The predicted octanol–water partition coefficient (Wildman–Crippen LogP) is 8.02. The largest absolute Gasteiger partial charge is 0.488 e. The van der Waals surface area contributed by atoms with Crippen LogP contribution in [-0.2, 0) is 29.1 Å². The molecular weight excluding hydrogens is 557 g/mol. The van der Waals surface area contributed by atoms with E-state index in [-0.39, 0.29) is 19.0 Å². The Morgan fingerprint density at radius 2 is 1.65 bits per heavy atom. The highest BCUT2D eigenvalue weighted by Gasteiger charge is 2.20. The van der Waals surface area contributed by atoms with E-state index in [9.17, 15) is 13.6 Å². The summed E-state index contributed by atoms with van der Waals surface area (Å²) < 4.78 is 41.2. The number of methoxy groups -OCH3 is 1. The molecule has 4 aromatic carbocycles. The Morgan fingerprint density at radius 3 is 2.40 bits per heavy atom. The van der Waals surface area contributed by atoms with Gasteiger partial charge >= 0.3 is 5.97 Å². The molecule has 5 nitrogen and oxygen atoms in total. The number of imidazole rings is 1. The number of carbonyl (C=O) groups excluding carboxylic acids is 1. The molecule has 0 radical (unpaired) electrons. The van der Waals surface area contributed by atoms with E-state index in [4.69, 9.17) is 32.7 Å². The highest BCUT2D eigenvalue weighted by molar-refractivity contribution is 6.31. The van der Waals surface area contributed by atoms with Gasteiger partial charge in [-0.2, -0.15) is 0 Å². The van der Waals surface area contributed by atoms with E-state index in [0.717, 1.165) is 28.8 Å². The van der Waals surface area contributed by atoms with Crippen molar-refractivity contribution in [2.24, 2.45) is 0 Å². The third-order valence-corrected chi connectivity index (χ3v) is 7.13. The second kappa shape index (κ2) is 12.1. The number of hydrogen-bond acceptors (Lipinski definition) is 4. The van der Waals surface area contributed by atoms with Gasteiger partial charge in [-0.3, -0.25) is 4.79 Å². The maximum atomic E-state index is 14.4. The number of halogens is 4. The summed E-state index contributed by atoms with van der Waals surface area (Å²) in [4.78, 5) is 16.2. The Labute approximate surface area is 239 Å².